The van der Waals surface area contributed by atoms with Gasteiger partial charge in [-0.1, -0.05) is 0 Å². The Balaban J connectivity index is 2.26. The van der Waals surface area contributed by atoms with Crippen LogP contribution in [0.15, 0.2) is 11.5 Å². The highest BCUT2D eigenvalue weighted by Gasteiger charge is 2.22. The Morgan fingerprint density at radius 2 is 2.06 bits per heavy atom. The van der Waals surface area contributed by atoms with E-state index in [1.165, 1.54) is 6.08 Å². The lowest BCUT2D eigenvalue weighted by Crippen LogP contribution is -2.35. The lowest BCUT2D eigenvalue weighted by molar-refractivity contribution is -0.137. The predicted molar refractivity (Wildman–Crippen MR) is 56.3 cm³/mol. The first kappa shape index (κ1) is 12.7. The largest absolute Gasteiger partial charge is 0.481 e. The number of hydrogen-bond acceptors (Lipinski definition) is 4. The molecule has 90 valence electrons. The van der Waals surface area contributed by atoms with Gasteiger partial charge in [0.15, 0.2) is 9.84 Å². The Hall–Kier alpha value is -1.37. The lowest BCUT2D eigenvalue weighted by atomic mass is 10.2. The van der Waals surface area contributed by atoms with E-state index in [2.05, 4.69) is 5.32 Å². The third-order valence-electron chi connectivity index (χ3n) is 2.07. The van der Waals surface area contributed by atoms with Crippen molar-refractivity contribution in [3.8, 4) is 0 Å². The minimum atomic E-state index is -3.16. The van der Waals surface area contributed by atoms with Crippen LogP contribution in [-0.2, 0) is 19.4 Å². The Labute approximate surface area is 93.3 Å². The number of hydrogen-bond donors (Lipinski definition) is 2. The quantitative estimate of drug-likeness (QED) is 0.692. The van der Waals surface area contributed by atoms with Gasteiger partial charge in [0, 0.05) is 18.2 Å². The van der Waals surface area contributed by atoms with Gasteiger partial charge in [-0.3, -0.25) is 9.59 Å². The summed E-state index contributed by atoms with van der Waals surface area (Å²) in [5, 5.41) is 11.9. The number of rotatable bonds is 5. The lowest BCUT2D eigenvalue weighted by Gasteiger charge is -2.09. The third kappa shape index (κ3) is 4.43. The van der Waals surface area contributed by atoms with E-state index in [0.717, 1.165) is 5.41 Å². The molecule has 7 heteroatoms. The van der Waals surface area contributed by atoms with Crippen molar-refractivity contribution < 1.29 is 23.1 Å². The minimum absolute atomic E-state index is 0.0633. The molecule has 0 spiro atoms. The Kier molecular flexibility index (Phi) is 4.05. The van der Waals surface area contributed by atoms with Gasteiger partial charge in [-0.15, -0.1) is 0 Å². The molecule has 0 aromatic heterocycles. The number of aliphatic carboxylic acids is 1. The smallest absolute Gasteiger partial charge is 0.303 e. The molecule has 1 aliphatic rings. The average molecular weight is 247 g/mol. The van der Waals surface area contributed by atoms with Crippen LogP contribution in [0, 0.1) is 0 Å². The van der Waals surface area contributed by atoms with Crippen molar-refractivity contribution in [3.05, 3.63) is 11.5 Å². The molecule has 0 radical (unpaired) electrons. The zero-order valence-electron chi connectivity index (χ0n) is 8.55. The minimum Gasteiger partial charge on any atom is -0.481 e. The van der Waals surface area contributed by atoms with Gasteiger partial charge in [-0.2, -0.15) is 0 Å². The van der Waals surface area contributed by atoms with Crippen LogP contribution in [0.3, 0.4) is 0 Å². The van der Waals surface area contributed by atoms with Crippen molar-refractivity contribution in [3.63, 3.8) is 0 Å². The summed E-state index contributed by atoms with van der Waals surface area (Å²) < 4.78 is 22.0. The monoisotopic (exact) mass is 247 g/mol. The highest BCUT2D eigenvalue weighted by atomic mass is 32.2. The molecule has 0 saturated heterocycles. The molecule has 0 bridgehead atoms. The van der Waals surface area contributed by atoms with Crippen LogP contribution in [-0.4, -0.2) is 37.2 Å². The zero-order chi connectivity index (χ0) is 12.2. The molecule has 1 heterocycles. The van der Waals surface area contributed by atoms with Gasteiger partial charge in [0.2, 0.25) is 5.91 Å². The molecule has 16 heavy (non-hydrogen) atoms. The van der Waals surface area contributed by atoms with E-state index in [0.29, 0.717) is 0 Å². The van der Waals surface area contributed by atoms with Crippen LogP contribution in [0.4, 0.5) is 0 Å². The summed E-state index contributed by atoms with van der Waals surface area (Å²) in [4.78, 5) is 21.4. The van der Waals surface area contributed by atoms with Crippen LogP contribution in [0.5, 0.6) is 0 Å². The van der Waals surface area contributed by atoms with E-state index in [-0.39, 0.29) is 30.9 Å². The molecular formula is C9H13NO5S. The Morgan fingerprint density at radius 1 is 1.38 bits per heavy atom. The summed E-state index contributed by atoms with van der Waals surface area (Å²) in [7, 11) is -3.16. The first-order valence-corrected chi connectivity index (χ1v) is 6.53. The second-order valence-corrected chi connectivity index (χ2v) is 5.51. The number of carboxylic acids is 1. The number of carbonyl (C=O) groups is 2. The second kappa shape index (κ2) is 5.11. The SMILES string of the molecule is O=C(O)CCCC(=O)NC1C=CS(=O)(=O)C1. The summed E-state index contributed by atoms with van der Waals surface area (Å²) in [5.74, 6) is -1.39. The maximum absolute atomic E-state index is 11.3. The molecule has 0 saturated carbocycles. The first-order chi connectivity index (χ1) is 7.39. The number of nitrogens with one attached hydrogen (secondary N) is 1. The molecule has 0 aliphatic carbocycles. The summed E-state index contributed by atoms with van der Waals surface area (Å²) in [6.45, 7) is 0. The third-order valence-corrected chi connectivity index (χ3v) is 3.47. The molecule has 1 amide bonds. The van der Waals surface area contributed by atoms with E-state index >= 15 is 0 Å². The fourth-order valence-electron chi connectivity index (χ4n) is 1.34. The van der Waals surface area contributed by atoms with Crippen LogP contribution in [0.2, 0.25) is 0 Å². The fourth-order valence-corrected chi connectivity index (χ4v) is 2.58. The van der Waals surface area contributed by atoms with Crippen LogP contribution < -0.4 is 5.32 Å². The number of sulfone groups is 1. The topological polar surface area (TPSA) is 101 Å². The molecule has 0 aromatic carbocycles. The maximum Gasteiger partial charge on any atom is 0.303 e. The van der Waals surface area contributed by atoms with E-state index in [9.17, 15) is 18.0 Å². The molecule has 1 unspecified atom stereocenters. The highest BCUT2D eigenvalue weighted by molar-refractivity contribution is 7.94. The summed E-state index contributed by atoms with van der Waals surface area (Å²) >= 11 is 0. The van der Waals surface area contributed by atoms with Crippen molar-refractivity contribution in [2.45, 2.75) is 25.3 Å². The van der Waals surface area contributed by atoms with Gasteiger partial charge >= 0.3 is 5.97 Å². The van der Waals surface area contributed by atoms with Crippen LogP contribution in [0.25, 0.3) is 0 Å². The van der Waals surface area contributed by atoms with E-state index in [4.69, 9.17) is 5.11 Å². The molecule has 2 N–H and O–H groups in total. The van der Waals surface area contributed by atoms with Crippen LogP contribution >= 0.6 is 0 Å². The van der Waals surface area contributed by atoms with Gasteiger partial charge in [0.25, 0.3) is 0 Å². The molecule has 1 aliphatic heterocycles. The van der Waals surface area contributed by atoms with Gasteiger partial charge < -0.3 is 10.4 Å². The fraction of sp³-hybridized carbons (Fsp3) is 0.556. The van der Waals surface area contributed by atoms with E-state index in [1.54, 1.807) is 0 Å². The normalized spacial score (nSPS) is 21.9. The Morgan fingerprint density at radius 3 is 2.56 bits per heavy atom. The Bertz CT molecular complexity index is 412. The molecule has 1 rings (SSSR count). The highest BCUT2D eigenvalue weighted by Crippen LogP contribution is 2.08. The van der Waals surface area contributed by atoms with Crippen molar-refractivity contribution in [1.82, 2.24) is 5.32 Å². The molecule has 1 atom stereocenters. The zero-order valence-corrected chi connectivity index (χ0v) is 9.37. The van der Waals surface area contributed by atoms with Crippen molar-refractivity contribution in [2.24, 2.45) is 0 Å². The van der Waals surface area contributed by atoms with Crippen molar-refractivity contribution >= 4 is 21.7 Å². The van der Waals surface area contributed by atoms with Crippen molar-refractivity contribution in [2.75, 3.05) is 5.75 Å². The van der Waals surface area contributed by atoms with Gasteiger partial charge in [-0.05, 0) is 12.5 Å². The van der Waals surface area contributed by atoms with E-state index < -0.39 is 21.8 Å². The maximum atomic E-state index is 11.3. The number of carbonyl (C=O) groups excluding carboxylic acids is 1. The molecule has 0 aromatic rings. The van der Waals surface area contributed by atoms with Gasteiger partial charge in [0.05, 0.1) is 11.8 Å². The number of amides is 1. The molecular weight excluding hydrogens is 234 g/mol. The predicted octanol–water partition coefficient (Wildman–Crippen LogP) is -0.332. The number of carboxylic acid groups (broad SMARTS) is 1. The van der Waals surface area contributed by atoms with Crippen LogP contribution in [0.1, 0.15) is 19.3 Å². The molecule has 0 fully saturated rings. The summed E-state index contributed by atoms with van der Waals surface area (Å²) in [6, 6.07) is -0.484. The summed E-state index contributed by atoms with van der Waals surface area (Å²) in [6.07, 6.45) is 1.71. The summed E-state index contributed by atoms with van der Waals surface area (Å²) in [5.41, 5.74) is 0. The van der Waals surface area contributed by atoms with Gasteiger partial charge in [0.1, 0.15) is 0 Å². The van der Waals surface area contributed by atoms with E-state index in [1.807, 2.05) is 0 Å². The molecule has 6 nitrogen and oxygen atoms in total. The van der Waals surface area contributed by atoms with Gasteiger partial charge in [-0.25, -0.2) is 8.42 Å². The standard InChI is InChI=1S/C9H13NO5S/c11-8(2-1-3-9(12)13)10-7-4-5-16(14,15)6-7/h4-5,7H,1-3,6H2,(H,10,11)(H,12,13). The van der Waals surface area contributed by atoms with Crippen molar-refractivity contribution in [1.29, 1.82) is 0 Å². The first-order valence-electron chi connectivity index (χ1n) is 4.81. The average Bonchev–Trinajstić information content (AvgIpc) is 2.44. The second-order valence-electron chi connectivity index (χ2n) is 3.58.